The van der Waals surface area contributed by atoms with Gasteiger partial charge in [-0.05, 0) is 12.5 Å². The second kappa shape index (κ2) is 5.18. The molecule has 0 atom stereocenters. The van der Waals surface area contributed by atoms with Crippen LogP contribution in [0, 0.1) is 10.1 Å². The summed E-state index contributed by atoms with van der Waals surface area (Å²) in [4.78, 5) is 10.4. The zero-order valence-electron chi connectivity index (χ0n) is 8.69. The van der Waals surface area contributed by atoms with Gasteiger partial charge in [0.25, 0.3) is 5.69 Å². The summed E-state index contributed by atoms with van der Waals surface area (Å²) in [6.07, 6.45) is 0.0185. The molecule has 92 valence electrons. The Labute approximate surface area is 107 Å². The first-order chi connectivity index (χ1) is 8.09. The van der Waals surface area contributed by atoms with Crippen LogP contribution < -0.4 is 0 Å². The molecule has 2 rings (SSSR count). The molecule has 1 heterocycles. The molecule has 0 radical (unpaired) electrons. The number of ether oxygens (including phenoxy) is 2. The van der Waals surface area contributed by atoms with Crippen LogP contribution >= 0.6 is 23.2 Å². The molecule has 0 spiro atoms. The highest BCUT2D eigenvalue weighted by Gasteiger charge is 2.27. The number of nitrogens with zero attached hydrogens (tertiary/aromatic N) is 1. The van der Waals surface area contributed by atoms with Crippen LogP contribution in [0.4, 0.5) is 5.69 Å². The van der Waals surface area contributed by atoms with E-state index in [2.05, 4.69) is 0 Å². The predicted molar refractivity (Wildman–Crippen MR) is 62.4 cm³/mol. The normalized spacial score (nSPS) is 17.1. The van der Waals surface area contributed by atoms with Gasteiger partial charge < -0.3 is 9.47 Å². The fourth-order valence-electron chi connectivity index (χ4n) is 1.57. The zero-order valence-corrected chi connectivity index (χ0v) is 10.2. The predicted octanol–water partition coefficient (Wildman–Crippen LogP) is 3.34. The summed E-state index contributed by atoms with van der Waals surface area (Å²) in [6.45, 7) is 1.00. The van der Waals surface area contributed by atoms with Crippen LogP contribution in [0.5, 0.6) is 0 Å². The fourth-order valence-corrected chi connectivity index (χ4v) is 1.90. The highest BCUT2D eigenvalue weighted by molar-refractivity contribution is 6.42. The van der Waals surface area contributed by atoms with Crippen LogP contribution in [0.25, 0.3) is 0 Å². The van der Waals surface area contributed by atoms with Gasteiger partial charge in [0.1, 0.15) is 0 Å². The van der Waals surface area contributed by atoms with Crippen LogP contribution in [0.1, 0.15) is 18.3 Å². The van der Waals surface area contributed by atoms with Crippen molar-refractivity contribution in [2.24, 2.45) is 0 Å². The Morgan fingerprint density at radius 2 is 1.82 bits per heavy atom. The first-order valence-corrected chi connectivity index (χ1v) is 5.71. The fraction of sp³-hybridized carbons (Fsp3) is 0.400. The minimum absolute atomic E-state index is 0.137. The molecule has 0 bridgehead atoms. The Balaban J connectivity index is 2.42. The number of halogens is 2. The van der Waals surface area contributed by atoms with Gasteiger partial charge in [-0.1, -0.05) is 23.2 Å². The van der Waals surface area contributed by atoms with Crippen LogP contribution in [-0.4, -0.2) is 18.1 Å². The Kier molecular flexibility index (Phi) is 3.83. The van der Waals surface area contributed by atoms with E-state index in [-0.39, 0.29) is 15.7 Å². The molecule has 1 aliphatic rings. The van der Waals surface area contributed by atoms with Gasteiger partial charge in [-0.15, -0.1) is 0 Å². The average molecular weight is 278 g/mol. The largest absolute Gasteiger partial charge is 0.348 e. The molecule has 7 heteroatoms. The molecule has 1 saturated heterocycles. The van der Waals surface area contributed by atoms with Crippen molar-refractivity contribution >= 4 is 28.9 Å². The van der Waals surface area contributed by atoms with E-state index in [1.165, 1.54) is 12.1 Å². The van der Waals surface area contributed by atoms with E-state index in [0.29, 0.717) is 18.8 Å². The van der Waals surface area contributed by atoms with Gasteiger partial charge in [0.2, 0.25) is 0 Å². The van der Waals surface area contributed by atoms with E-state index in [1.54, 1.807) is 0 Å². The van der Waals surface area contributed by atoms with Gasteiger partial charge in [-0.3, -0.25) is 10.1 Å². The Morgan fingerprint density at radius 3 is 2.41 bits per heavy atom. The monoisotopic (exact) mass is 277 g/mol. The van der Waals surface area contributed by atoms with Gasteiger partial charge in [0, 0.05) is 6.07 Å². The van der Waals surface area contributed by atoms with Gasteiger partial charge in [0.05, 0.1) is 33.7 Å². The van der Waals surface area contributed by atoms with Gasteiger partial charge in [-0.25, -0.2) is 0 Å². The van der Waals surface area contributed by atoms with E-state index in [1.807, 2.05) is 0 Å². The van der Waals surface area contributed by atoms with Crippen LogP contribution in [0.15, 0.2) is 12.1 Å². The molecule has 0 unspecified atom stereocenters. The summed E-state index contributed by atoms with van der Waals surface area (Å²) in [6, 6.07) is 2.62. The van der Waals surface area contributed by atoms with Gasteiger partial charge in [-0.2, -0.15) is 0 Å². The van der Waals surface area contributed by atoms with E-state index in [4.69, 9.17) is 32.7 Å². The molecular weight excluding hydrogens is 269 g/mol. The third-order valence-corrected chi connectivity index (χ3v) is 3.07. The zero-order chi connectivity index (χ0) is 12.4. The number of rotatable bonds is 2. The molecule has 1 aromatic rings. The first-order valence-electron chi connectivity index (χ1n) is 4.96. The minimum Gasteiger partial charge on any atom is -0.348 e. The van der Waals surface area contributed by atoms with Crippen molar-refractivity contribution in [1.29, 1.82) is 0 Å². The molecule has 5 nitrogen and oxygen atoms in total. The Hall–Kier alpha value is -0.880. The quantitative estimate of drug-likeness (QED) is 0.614. The minimum atomic E-state index is -0.751. The number of hydrogen-bond acceptors (Lipinski definition) is 4. The number of benzene rings is 1. The van der Waals surface area contributed by atoms with Crippen molar-refractivity contribution in [2.75, 3.05) is 13.2 Å². The lowest BCUT2D eigenvalue weighted by molar-refractivity contribution is -0.387. The molecule has 0 amide bonds. The third kappa shape index (κ3) is 2.69. The van der Waals surface area contributed by atoms with Gasteiger partial charge >= 0.3 is 0 Å². The van der Waals surface area contributed by atoms with Crippen LogP contribution in [0.3, 0.4) is 0 Å². The molecule has 1 aliphatic heterocycles. The maximum atomic E-state index is 10.9. The lowest BCUT2D eigenvalue weighted by atomic mass is 10.1. The Bertz CT molecular complexity index is 446. The maximum Gasteiger partial charge on any atom is 0.279 e. The van der Waals surface area contributed by atoms with Crippen molar-refractivity contribution in [3.63, 3.8) is 0 Å². The molecular formula is C10H9Cl2NO4. The number of hydrogen-bond donors (Lipinski definition) is 0. The summed E-state index contributed by atoms with van der Waals surface area (Å²) < 4.78 is 10.6. The molecule has 17 heavy (non-hydrogen) atoms. The van der Waals surface area contributed by atoms with Crippen molar-refractivity contribution in [3.8, 4) is 0 Å². The van der Waals surface area contributed by atoms with Crippen molar-refractivity contribution < 1.29 is 14.4 Å². The first kappa shape index (κ1) is 12.6. The average Bonchev–Trinajstić information content (AvgIpc) is 2.33. The lowest BCUT2D eigenvalue weighted by Gasteiger charge is -2.23. The Morgan fingerprint density at radius 1 is 1.24 bits per heavy atom. The highest BCUT2D eigenvalue weighted by atomic mass is 35.5. The maximum absolute atomic E-state index is 10.9. The molecule has 0 aliphatic carbocycles. The van der Waals surface area contributed by atoms with Crippen molar-refractivity contribution in [1.82, 2.24) is 0 Å². The van der Waals surface area contributed by atoms with E-state index >= 15 is 0 Å². The van der Waals surface area contributed by atoms with E-state index in [9.17, 15) is 10.1 Å². The molecule has 0 saturated carbocycles. The van der Waals surface area contributed by atoms with Crippen LogP contribution in [-0.2, 0) is 9.47 Å². The lowest BCUT2D eigenvalue weighted by Crippen LogP contribution is -2.18. The molecule has 0 N–H and O–H groups in total. The molecule has 1 aromatic carbocycles. The molecule has 0 aromatic heterocycles. The summed E-state index contributed by atoms with van der Waals surface area (Å²) >= 11 is 11.6. The SMILES string of the molecule is O=[N+]([O-])c1cc(Cl)c(Cl)cc1C1OCCCO1. The van der Waals surface area contributed by atoms with Crippen molar-refractivity contribution in [2.45, 2.75) is 12.7 Å². The second-order valence-electron chi connectivity index (χ2n) is 3.51. The van der Waals surface area contributed by atoms with Crippen LogP contribution in [0.2, 0.25) is 10.0 Å². The standard InChI is InChI=1S/C10H9Cl2NO4/c11-7-4-6(10-16-2-1-3-17-10)9(13(14)15)5-8(7)12/h4-5,10H,1-3H2. The summed E-state index contributed by atoms with van der Waals surface area (Å²) in [5.74, 6) is 0. The smallest absolute Gasteiger partial charge is 0.279 e. The summed E-state index contributed by atoms with van der Waals surface area (Å²) in [7, 11) is 0. The van der Waals surface area contributed by atoms with Gasteiger partial charge in [0.15, 0.2) is 6.29 Å². The summed E-state index contributed by atoms with van der Waals surface area (Å²) in [5, 5.41) is 11.3. The third-order valence-electron chi connectivity index (χ3n) is 2.35. The second-order valence-corrected chi connectivity index (χ2v) is 4.32. The number of nitro benzene ring substituents is 1. The summed E-state index contributed by atoms with van der Waals surface area (Å²) in [5.41, 5.74) is 0.149. The highest BCUT2D eigenvalue weighted by Crippen LogP contribution is 2.36. The molecule has 1 fully saturated rings. The van der Waals surface area contributed by atoms with Crippen molar-refractivity contribution in [3.05, 3.63) is 37.9 Å². The number of nitro groups is 1. The van der Waals surface area contributed by atoms with E-state index in [0.717, 1.165) is 6.42 Å². The van der Waals surface area contributed by atoms with E-state index < -0.39 is 11.2 Å². The topological polar surface area (TPSA) is 61.6 Å².